The molecule has 0 spiro atoms. The Balaban J connectivity index is 1.50. The van der Waals surface area contributed by atoms with Crippen LogP contribution in [0.2, 0.25) is 0 Å². The Morgan fingerprint density at radius 1 is 0.679 bits per heavy atom. The fourth-order valence-corrected chi connectivity index (χ4v) is 3.21. The predicted octanol–water partition coefficient (Wildman–Crippen LogP) is 4.34. The molecule has 5 heteroatoms. The van der Waals surface area contributed by atoms with E-state index in [9.17, 15) is 0 Å². The quantitative estimate of drug-likeness (QED) is 0.732. The van der Waals surface area contributed by atoms with Gasteiger partial charge >= 0.3 is 0 Å². The minimum atomic E-state index is 0.239. The van der Waals surface area contributed by atoms with Crippen LogP contribution in [0.5, 0.6) is 0 Å². The summed E-state index contributed by atoms with van der Waals surface area (Å²) in [5.41, 5.74) is 2.56. The van der Waals surface area contributed by atoms with E-state index < -0.39 is 0 Å². The fourth-order valence-electron chi connectivity index (χ4n) is 3.21. The van der Waals surface area contributed by atoms with Gasteiger partial charge in [0.05, 0.1) is 24.5 Å². The molecular weight excluding hydrogens is 346 g/mol. The van der Waals surface area contributed by atoms with Gasteiger partial charge in [-0.25, -0.2) is 0 Å². The molecule has 150 valence electrons. The van der Waals surface area contributed by atoms with Gasteiger partial charge in [-0.3, -0.25) is 4.98 Å². The Kier molecular flexibility index (Phi) is 5.92. The third-order valence-corrected chi connectivity index (χ3v) is 4.19. The van der Waals surface area contributed by atoms with Crippen molar-refractivity contribution >= 4 is 0 Å². The molecule has 0 amide bonds. The Morgan fingerprint density at radius 3 is 1.46 bits per heavy atom. The van der Waals surface area contributed by atoms with Crippen LogP contribution in [0.15, 0.2) is 43.0 Å². The summed E-state index contributed by atoms with van der Waals surface area (Å²) in [5, 5.41) is 0. The molecule has 1 aromatic rings. The number of pyridine rings is 1. The molecule has 0 atom stereocenters. The highest BCUT2D eigenvalue weighted by Crippen LogP contribution is 2.23. The number of aromatic nitrogens is 1. The molecule has 3 rings (SSSR count). The van der Waals surface area contributed by atoms with Crippen molar-refractivity contribution < 1.29 is 0 Å². The second-order valence-corrected chi connectivity index (χ2v) is 10.0. The molecule has 2 aliphatic rings. The van der Waals surface area contributed by atoms with Gasteiger partial charge in [0.2, 0.25) is 13.3 Å². The molecule has 28 heavy (non-hydrogen) atoms. The first-order valence-corrected chi connectivity index (χ1v) is 9.96. The average molecular weight is 380 g/mol. The maximum atomic E-state index is 4.83. The number of hydrogen-bond acceptors (Lipinski definition) is 5. The molecule has 1 aromatic heterocycles. The van der Waals surface area contributed by atoms with Crippen molar-refractivity contribution in [3.63, 3.8) is 0 Å². The van der Waals surface area contributed by atoms with E-state index in [0.29, 0.717) is 0 Å². The Bertz CT molecular complexity index is 653. The standard InChI is InChI=1S/C23H33N5/c1-22(2,3)16-27-12-10-25(18-27)14-20-8-7-9-21(24-20)15-26-11-13-28(19-26)17-23(4,5)6/h7-13H,14-17H2,1-6H3. The predicted molar refractivity (Wildman–Crippen MR) is 112 cm³/mol. The zero-order chi connectivity index (χ0) is 20.4. The van der Waals surface area contributed by atoms with Gasteiger partial charge in [-0.15, -0.1) is 0 Å². The van der Waals surface area contributed by atoms with Gasteiger partial charge in [-0.1, -0.05) is 47.6 Å². The van der Waals surface area contributed by atoms with Crippen LogP contribution in [0, 0.1) is 24.2 Å². The maximum absolute atomic E-state index is 4.83. The van der Waals surface area contributed by atoms with Crippen LogP contribution in [-0.2, 0) is 13.1 Å². The van der Waals surface area contributed by atoms with Crippen LogP contribution in [0.25, 0.3) is 0 Å². The Labute approximate surface area is 171 Å². The molecule has 0 aliphatic carbocycles. The molecule has 0 saturated heterocycles. The van der Waals surface area contributed by atoms with Crippen LogP contribution in [-0.4, -0.2) is 37.7 Å². The molecule has 0 unspecified atom stereocenters. The molecule has 0 aromatic carbocycles. The molecular formula is C23H33N5. The largest absolute Gasteiger partial charge is 0.346 e. The molecule has 0 N–H and O–H groups in total. The lowest BCUT2D eigenvalue weighted by molar-refractivity contribution is 0.250. The van der Waals surface area contributed by atoms with E-state index in [-0.39, 0.29) is 10.8 Å². The first-order valence-electron chi connectivity index (χ1n) is 9.96. The van der Waals surface area contributed by atoms with Gasteiger partial charge in [-0.05, 0) is 23.0 Å². The SMILES string of the molecule is CC(C)(C)CN1[C]N(Cc2cccc(CN3[C]N(CC(C)(C)C)C=C3)n2)C=C1. The Morgan fingerprint density at radius 2 is 1.07 bits per heavy atom. The summed E-state index contributed by atoms with van der Waals surface area (Å²) >= 11 is 0. The van der Waals surface area contributed by atoms with Crippen LogP contribution in [0.1, 0.15) is 52.9 Å². The van der Waals surface area contributed by atoms with E-state index >= 15 is 0 Å². The topological polar surface area (TPSA) is 25.9 Å². The first kappa shape index (κ1) is 20.6. The zero-order valence-corrected chi connectivity index (χ0v) is 18.1. The molecule has 0 fully saturated rings. The van der Waals surface area contributed by atoms with Crippen molar-refractivity contribution in [2.45, 2.75) is 54.6 Å². The summed E-state index contributed by atoms with van der Waals surface area (Å²) in [7, 11) is 0. The van der Waals surface area contributed by atoms with E-state index in [4.69, 9.17) is 4.98 Å². The lowest BCUT2D eigenvalue weighted by Gasteiger charge is -2.26. The smallest absolute Gasteiger partial charge is 0.208 e. The summed E-state index contributed by atoms with van der Waals surface area (Å²) in [6.07, 6.45) is 8.29. The van der Waals surface area contributed by atoms with Gasteiger partial charge in [0.25, 0.3) is 0 Å². The van der Waals surface area contributed by atoms with Crippen LogP contribution >= 0.6 is 0 Å². The van der Waals surface area contributed by atoms with Gasteiger partial charge in [0, 0.05) is 37.9 Å². The number of nitrogens with zero attached hydrogens (tertiary/aromatic N) is 5. The van der Waals surface area contributed by atoms with Crippen molar-refractivity contribution in [1.82, 2.24) is 24.6 Å². The average Bonchev–Trinajstić information content (AvgIpc) is 3.14. The van der Waals surface area contributed by atoms with E-state index in [0.717, 1.165) is 37.6 Å². The normalized spacial score (nSPS) is 17.4. The van der Waals surface area contributed by atoms with Gasteiger partial charge in [0.1, 0.15) is 0 Å². The van der Waals surface area contributed by atoms with Crippen molar-refractivity contribution in [2.24, 2.45) is 10.8 Å². The monoisotopic (exact) mass is 379 g/mol. The van der Waals surface area contributed by atoms with Gasteiger partial charge < -0.3 is 19.6 Å². The second kappa shape index (κ2) is 8.06. The van der Waals surface area contributed by atoms with Crippen molar-refractivity contribution in [3.8, 4) is 0 Å². The van der Waals surface area contributed by atoms with Crippen molar-refractivity contribution in [2.75, 3.05) is 13.1 Å². The second-order valence-electron chi connectivity index (χ2n) is 10.0. The van der Waals surface area contributed by atoms with Crippen LogP contribution < -0.4 is 0 Å². The number of rotatable bonds is 6. The number of hydrogen-bond donors (Lipinski definition) is 0. The van der Waals surface area contributed by atoms with Crippen molar-refractivity contribution in [3.05, 3.63) is 67.7 Å². The lowest BCUT2D eigenvalue weighted by atomic mass is 9.96. The van der Waals surface area contributed by atoms with Crippen LogP contribution in [0.4, 0.5) is 0 Å². The first-order chi connectivity index (χ1) is 13.1. The van der Waals surface area contributed by atoms with E-state index in [1.165, 1.54) is 0 Å². The van der Waals surface area contributed by atoms with Crippen LogP contribution in [0.3, 0.4) is 0 Å². The van der Waals surface area contributed by atoms with Gasteiger partial charge in [0.15, 0.2) is 0 Å². The highest BCUT2D eigenvalue weighted by atomic mass is 15.3. The minimum absolute atomic E-state index is 0.239. The third-order valence-electron chi connectivity index (χ3n) is 4.19. The van der Waals surface area contributed by atoms with Crippen molar-refractivity contribution in [1.29, 1.82) is 0 Å². The molecule has 4 radical (unpaired) electrons. The molecule has 5 nitrogen and oxygen atoms in total. The highest BCUT2D eigenvalue weighted by Gasteiger charge is 2.22. The summed E-state index contributed by atoms with van der Waals surface area (Å²) in [5.74, 6) is 0. The highest BCUT2D eigenvalue weighted by molar-refractivity contribution is 5.14. The summed E-state index contributed by atoms with van der Waals surface area (Å²) < 4.78 is 0. The molecule has 3 heterocycles. The summed E-state index contributed by atoms with van der Waals surface area (Å²) in [6.45, 7) is 23.5. The van der Waals surface area contributed by atoms with E-state index in [1.54, 1.807) is 0 Å². The maximum Gasteiger partial charge on any atom is 0.208 e. The Hall–Kier alpha value is -2.17. The minimum Gasteiger partial charge on any atom is -0.346 e. The molecule has 2 aliphatic heterocycles. The fraction of sp³-hybridized carbons (Fsp3) is 0.522. The third kappa shape index (κ3) is 6.47. The summed E-state index contributed by atoms with van der Waals surface area (Å²) in [4.78, 5) is 13.2. The van der Waals surface area contributed by atoms with Gasteiger partial charge in [-0.2, -0.15) is 0 Å². The molecule has 0 bridgehead atoms. The molecule has 0 saturated carbocycles. The summed E-state index contributed by atoms with van der Waals surface area (Å²) in [6, 6.07) is 6.23. The van der Waals surface area contributed by atoms with E-state index in [2.05, 4.69) is 117 Å². The van der Waals surface area contributed by atoms with E-state index in [1.807, 2.05) is 0 Å². The lowest BCUT2D eigenvalue weighted by Crippen LogP contribution is -2.28. The zero-order valence-electron chi connectivity index (χ0n) is 18.1.